The smallest absolute Gasteiger partial charge is 0.260 e. The summed E-state index contributed by atoms with van der Waals surface area (Å²) >= 11 is 0. The lowest BCUT2D eigenvalue weighted by Crippen LogP contribution is -2.36. The Bertz CT molecular complexity index is 762. The second-order valence-corrected chi connectivity index (χ2v) is 6.04. The third-order valence-corrected chi connectivity index (χ3v) is 4.54. The van der Waals surface area contributed by atoms with E-state index in [1.165, 1.54) is 11.1 Å². The molecule has 0 bridgehead atoms. The Morgan fingerprint density at radius 3 is 2.75 bits per heavy atom. The monoisotopic (exact) mass is 320 g/mol. The maximum Gasteiger partial charge on any atom is 0.260 e. The van der Waals surface area contributed by atoms with E-state index in [4.69, 9.17) is 10.00 Å². The molecule has 0 aliphatic heterocycles. The van der Waals surface area contributed by atoms with E-state index < -0.39 is 0 Å². The molecule has 1 aliphatic rings. The highest BCUT2D eigenvalue weighted by atomic mass is 16.5. The Hall–Kier alpha value is -2.80. The number of nitriles is 1. The van der Waals surface area contributed by atoms with Crippen LogP contribution >= 0.6 is 0 Å². The van der Waals surface area contributed by atoms with E-state index in [9.17, 15) is 4.79 Å². The minimum atomic E-state index is -0.0407. The van der Waals surface area contributed by atoms with Crippen molar-refractivity contribution >= 4 is 5.91 Å². The molecule has 122 valence electrons. The van der Waals surface area contributed by atoms with E-state index in [0.29, 0.717) is 11.3 Å². The summed E-state index contributed by atoms with van der Waals surface area (Å²) in [4.78, 5) is 14.3. The van der Waals surface area contributed by atoms with Gasteiger partial charge in [-0.1, -0.05) is 24.3 Å². The number of likely N-dealkylation sites (N-methyl/N-ethyl adjacent to an activating group) is 1. The van der Waals surface area contributed by atoms with Crippen LogP contribution in [0.2, 0.25) is 0 Å². The lowest BCUT2D eigenvalue weighted by Gasteiger charge is -2.33. The number of carbonyl (C=O) groups is 1. The zero-order valence-corrected chi connectivity index (χ0v) is 13.7. The molecule has 0 fully saturated rings. The van der Waals surface area contributed by atoms with Crippen molar-refractivity contribution in [1.29, 1.82) is 5.26 Å². The summed E-state index contributed by atoms with van der Waals surface area (Å²) in [6.45, 7) is 0.00106. The molecule has 4 nitrogen and oxygen atoms in total. The summed E-state index contributed by atoms with van der Waals surface area (Å²) in [5.41, 5.74) is 3.16. The van der Waals surface area contributed by atoms with Crippen LogP contribution in [0.25, 0.3) is 0 Å². The summed E-state index contributed by atoms with van der Waals surface area (Å²) in [7, 11) is 1.84. The van der Waals surface area contributed by atoms with E-state index in [0.717, 1.165) is 19.3 Å². The van der Waals surface area contributed by atoms with E-state index in [1.54, 1.807) is 29.2 Å². The summed E-state index contributed by atoms with van der Waals surface area (Å²) < 4.78 is 5.57. The van der Waals surface area contributed by atoms with Crippen molar-refractivity contribution in [1.82, 2.24) is 4.90 Å². The van der Waals surface area contributed by atoms with Gasteiger partial charge in [-0.25, -0.2) is 0 Å². The highest BCUT2D eigenvalue weighted by Gasteiger charge is 2.26. The number of nitrogens with zero attached hydrogens (tertiary/aromatic N) is 2. The minimum absolute atomic E-state index is 0.00106. The Labute approximate surface area is 142 Å². The maximum atomic E-state index is 12.5. The molecule has 0 aromatic heterocycles. The molecule has 0 radical (unpaired) electrons. The van der Waals surface area contributed by atoms with Gasteiger partial charge < -0.3 is 9.64 Å². The molecule has 1 atom stereocenters. The third kappa shape index (κ3) is 3.41. The fourth-order valence-electron chi connectivity index (χ4n) is 3.18. The van der Waals surface area contributed by atoms with Crippen LogP contribution in [0.3, 0.4) is 0 Å². The van der Waals surface area contributed by atoms with Gasteiger partial charge >= 0.3 is 0 Å². The summed E-state index contributed by atoms with van der Waals surface area (Å²) in [5, 5.41) is 8.79. The first-order valence-electron chi connectivity index (χ1n) is 8.15. The van der Waals surface area contributed by atoms with Gasteiger partial charge in [-0.05, 0) is 54.7 Å². The number of carbonyl (C=O) groups excluding carboxylic acids is 1. The molecule has 3 rings (SSSR count). The Morgan fingerprint density at radius 2 is 2.00 bits per heavy atom. The number of hydrogen-bond acceptors (Lipinski definition) is 3. The SMILES string of the molecule is CN(C(=O)COc1ccc(C#N)cc1)[C@H]1CCCc2ccccc21. The molecule has 1 amide bonds. The van der Waals surface area contributed by atoms with Gasteiger partial charge in [0.1, 0.15) is 5.75 Å². The molecule has 2 aromatic carbocycles. The van der Waals surface area contributed by atoms with Gasteiger partial charge in [0.05, 0.1) is 17.7 Å². The lowest BCUT2D eigenvalue weighted by atomic mass is 9.87. The fraction of sp³-hybridized carbons (Fsp3) is 0.300. The third-order valence-electron chi connectivity index (χ3n) is 4.54. The Balaban J connectivity index is 1.64. The number of amides is 1. The number of rotatable bonds is 4. The summed E-state index contributed by atoms with van der Waals surface area (Å²) in [6.07, 6.45) is 3.16. The van der Waals surface area contributed by atoms with Crippen molar-refractivity contribution in [3.8, 4) is 11.8 Å². The van der Waals surface area contributed by atoms with Gasteiger partial charge in [-0.2, -0.15) is 5.26 Å². The topological polar surface area (TPSA) is 53.3 Å². The van der Waals surface area contributed by atoms with E-state index in [2.05, 4.69) is 24.3 Å². The van der Waals surface area contributed by atoms with Crippen LogP contribution in [-0.4, -0.2) is 24.5 Å². The van der Waals surface area contributed by atoms with Gasteiger partial charge in [0.2, 0.25) is 0 Å². The first kappa shape index (κ1) is 16.1. The average Bonchev–Trinajstić information content (AvgIpc) is 2.65. The average molecular weight is 320 g/mol. The highest BCUT2D eigenvalue weighted by molar-refractivity contribution is 5.78. The van der Waals surface area contributed by atoms with Gasteiger partial charge in [-0.15, -0.1) is 0 Å². The standard InChI is InChI=1S/C20H20N2O2/c1-22(19-8-4-6-16-5-2-3-7-18(16)19)20(23)14-24-17-11-9-15(13-21)10-12-17/h2-3,5,7,9-12,19H,4,6,8,14H2,1H3/t19-/m0/s1. The number of aryl methyl sites for hydroxylation is 1. The van der Waals surface area contributed by atoms with Crippen molar-refractivity contribution in [3.05, 3.63) is 65.2 Å². The van der Waals surface area contributed by atoms with Gasteiger partial charge in [0, 0.05) is 7.05 Å². The fourth-order valence-corrected chi connectivity index (χ4v) is 3.18. The van der Waals surface area contributed by atoms with Crippen LogP contribution in [0.4, 0.5) is 0 Å². The van der Waals surface area contributed by atoms with Crippen LogP contribution < -0.4 is 4.74 Å². The number of fused-ring (bicyclic) bond motifs is 1. The molecule has 4 heteroatoms. The molecule has 24 heavy (non-hydrogen) atoms. The molecule has 0 saturated carbocycles. The van der Waals surface area contributed by atoms with Crippen molar-refractivity contribution < 1.29 is 9.53 Å². The normalized spacial score (nSPS) is 15.9. The molecule has 0 spiro atoms. The van der Waals surface area contributed by atoms with Crippen molar-refractivity contribution in [2.24, 2.45) is 0 Å². The van der Waals surface area contributed by atoms with Crippen LogP contribution in [0, 0.1) is 11.3 Å². The quantitative estimate of drug-likeness (QED) is 0.866. The number of hydrogen-bond donors (Lipinski definition) is 0. The van der Waals surface area contributed by atoms with Crippen molar-refractivity contribution in [2.75, 3.05) is 13.7 Å². The second kappa shape index (κ2) is 7.18. The molecule has 0 N–H and O–H groups in total. The van der Waals surface area contributed by atoms with Gasteiger partial charge in [-0.3, -0.25) is 4.79 Å². The van der Waals surface area contributed by atoms with Gasteiger partial charge in [0.15, 0.2) is 6.61 Å². The van der Waals surface area contributed by atoms with E-state index >= 15 is 0 Å². The molecule has 0 saturated heterocycles. The molecule has 0 unspecified atom stereocenters. The van der Waals surface area contributed by atoms with Crippen LogP contribution in [0.1, 0.15) is 35.6 Å². The Morgan fingerprint density at radius 1 is 1.25 bits per heavy atom. The largest absolute Gasteiger partial charge is 0.484 e. The van der Waals surface area contributed by atoms with Crippen LogP contribution in [0.5, 0.6) is 5.75 Å². The molecule has 0 heterocycles. The van der Waals surface area contributed by atoms with Crippen LogP contribution in [-0.2, 0) is 11.2 Å². The minimum Gasteiger partial charge on any atom is -0.484 e. The first-order chi connectivity index (χ1) is 11.7. The van der Waals surface area contributed by atoms with E-state index in [1.807, 2.05) is 13.1 Å². The summed E-state index contributed by atoms with van der Waals surface area (Å²) in [5.74, 6) is 0.556. The molecule has 1 aliphatic carbocycles. The molecule has 2 aromatic rings. The number of benzene rings is 2. The zero-order chi connectivity index (χ0) is 16.9. The Kier molecular flexibility index (Phi) is 4.81. The van der Waals surface area contributed by atoms with Crippen molar-refractivity contribution in [3.63, 3.8) is 0 Å². The highest BCUT2D eigenvalue weighted by Crippen LogP contribution is 2.33. The lowest BCUT2D eigenvalue weighted by molar-refractivity contribution is -0.134. The van der Waals surface area contributed by atoms with E-state index in [-0.39, 0.29) is 18.6 Å². The first-order valence-corrected chi connectivity index (χ1v) is 8.15. The summed E-state index contributed by atoms with van der Waals surface area (Å²) in [6, 6.07) is 17.3. The maximum absolute atomic E-state index is 12.5. The predicted octanol–water partition coefficient (Wildman–Crippen LogP) is 3.47. The van der Waals surface area contributed by atoms with Crippen LogP contribution in [0.15, 0.2) is 48.5 Å². The van der Waals surface area contributed by atoms with Crippen molar-refractivity contribution in [2.45, 2.75) is 25.3 Å². The number of ether oxygens (including phenoxy) is 1. The molecular formula is C20H20N2O2. The second-order valence-electron chi connectivity index (χ2n) is 6.04. The van der Waals surface area contributed by atoms with Gasteiger partial charge in [0.25, 0.3) is 5.91 Å². The molecular weight excluding hydrogens is 300 g/mol. The zero-order valence-electron chi connectivity index (χ0n) is 13.7. The predicted molar refractivity (Wildman–Crippen MR) is 91.5 cm³/mol.